The van der Waals surface area contributed by atoms with E-state index in [0.717, 1.165) is 22.4 Å². The fourth-order valence-electron chi connectivity index (χ4n) is 2.16. The Hall–Kier alpha value is -1.87. The Morgan fingerprint density at radius 3 is 2.42 bits per heavy atom. The highest BCUT2D eigenvalue weighted by Crippen LogP contribution is 2.28. The van der Waals surface area contributed by atoms with E-state index < -0.39 is 6.10 Å². The van der Waals surface area contributed by atoms with E-state index in [1.54, 1.807) is 19.2 Å². The van der Waals surface area contributed by atoms with Crippen molar-refractivity contribution in [2.75, 3.05) is 7.11 Å². The second-order valence-corrected chi connectivity index (χ2v) is 4.63. The van der Waals surface area contributed by atoms with Crippen LogP contribution in [0.15, 0.2) is 36.4 Å². The van der Waals surface area contributed by atoms with Crippen LogP contribution in [0.3, 0.4) is 0 Å². The Labute approximate surface area is 112 Å². The minimum atomic E-state index is -0.833. The second kappa shape index (κ2) is 5.41. The Morgan fingerprint density at radius 2 is 1.79 bits per heavy atom. The quantitative estimate of drug-likeness (QED) is 0.914. The van der Waals surface area contributed by atoms with Crippen LogP contribution in [0.4, 0.5) is 4.39 Å². The third-order valence-electron chi connectivity index (χ3n) is 3.27. The van der Waals surface area contributed by atoms with Gasteiger partial charge in [0.05, 0.1) is 7.11 Å². The van der Waals surface area contributed by atoms with Crippen molar-refractivity contribution in [2.24, 2.45) is 0 Å². The van der Waals surface area contributed by atoms with E-state index in [9.17, 15) is 9.50 Å². The first kappa shape index (κ1) is 13.6. The first-order valence-electron chi connectivity index (χ1n) is 6.11. The minimum absolute atomic E-state index is 0.343. The number of methoxy groups -OCH3 is 1. The van der Waals surface area contributed by atoms with Crippen molar-refractivity contribution in [3.8, 4) is 5.75 Å². The van der Waals surface area contributed by atoms with Gasteiger partial charge in [0.15, 0.2) is 0 Å². The highest BCUT2D eigenvalue weighted by atomic mass is 19.1. The molecule has 0 aliphatic carbocycles. The molecule has 0 heterocycles. The first-order chi connectivity index (χ1) is 9.02. The predicted octanol–water partition coefficient (Wildman–Crippen LogP) is 3.53. The zero-order chi connectivity index (χ0) is 14.0. The van der Waals surface area contributed by atoms with Gasteiger partial charge in [-0.25, -0.2) is 4.39 Å². The van der Waals surface area contributed by atoms with E-state index >= 15 is 0 Å². The van der Waals surface area contributed by atoms with Crippen molar-refractivity contribution in [3.63, 3.8) is 0 Å². The van der Waals surface area contributed by atoms with Gasteiger partial charge in [0, 0.05) is 0 Å². The summed E-state index contributed by atoms with van der Waals surface area (Å²) in [7, 11) is 1.61. The maximum atomic E-state index is 13.3. The van der Waals surface area contributed by atoms with E-state index in [-0.39, 0.29) is 5.82 Å². The van der Waals surface area contributed by atoms with Crippen LogP contribution < -0.4 is 4.74 Å². The van der Waals surface area contributed by atoms with Crippen LogP contribution in [-0.4, -0.2) is 12.2 Å². The molecule has 2 aromatic rings. The summed E-state index contributed by atoms with van der Waals surface area (Å²) in [5.41, 5.74) is 3.12. The Balaban J connectivity index is 2.41. The zero-order valence-electron chi connectivity index (χ0n) is 11.3. The Bertz CT molecular complexity index is 593. The molecule has 0 fully saturated rings. The highest BCUT2D eigenvalue weighted by Gasteiger charge is 2.14. The van der Waals surface area contributed by atoms with Crippen molar-refractivity contribution in [2.45, 2.75) is 20.0 Å². The van der Waals surface area contributed by atoms with Gasteiger partial charge in [-0.3, -0.25) is 0 Å². The van der Waals surface area contributed by atoms with Gasteiger partial charge in [-0.05, 0) is 60.4 Å². The van der Waals surface area contributed by atoms with Crippen LogP contribution in [0, 0.1) is 19.7 Å². The lowest BCUT2D eigenvalue weighted by atomic mass is 9.96. The van der Waals surface area contributed by atoms with Gasteiger partial charge >= 0.3 is 0 Å². The molecule has 0 bridgehead atoms. The molecule has 1 unspecified atom stereocenters. The number of aliphatic hydroxyl groups excluding tert-OH is 1. The average Bonchev–Trinajstić information content (AvgIpc) is 2.40. The smallest absolute Gasteiger partial charge is 0.123 e. The summed E-state index contributed by atoms with van der Waals surface area (Å²) in [6, 6.07) is 9.89. The topological polar surface area (TPSA) is 29.5 Å². The molecule has 2 aromatic carbocycles. The number of aliphatic hydroxyl groups is 1. The van der Waals surface area contributed by atoms with E-state index in [0.29, 0.717) is 5.56 Å². The number of benzene rings is 2. The van der Waals surface area contributed by atoms with Gasteiger partial charge in [-0.1, -0.05) is 12.1 Å². The number of ether oxygens (including phenoxy) is 1. The summed E-state index contributed by atoms with van der Waals surface area (Å²) < 4.78 is 18.5. The predicted molar refractivity (Wildman–Crippen MR) is 72.9 cm³/mol. The summed E-state index contributed by atoms with van der Waals surface area (Å²) >= 11 is 0. The number of hydrogen-bond donors (Lipinski definition) is 1. The maximum absolute atomic E-state index is 13.3. The molecule has 0 spiro atoms. The second-order valence-electron chi connectivity index (χ2n) is 4.63. The molecular formula is C16H17FO2. The number of halogens is 1. The van der Waals surface area contributed by atoms with Gasteiger partial charge in [0.25, 0.3) is 0 Å². The molecule has 0 amide bonds. The van der Waals surface area contributed by atoms with Crippen LogP contribution in [0.5, 0.6) is 5.75 Å². The lowest BCUT2D eigenvalue weighted by molar-refractivity contribution is 0.219. The van der Waals surface area contributed by atoms with Crippen LogP contribution >= 0.6 is 0 Å². The molecule has 2 rings (SSSR count). The van der Waals surface area contributed by atoms with E-state index in [4.69, 9.17) is 4.74 Å². The molecule has 100 valence electrons. The summed E-state index contributed by atoms with van der Waals surface area (Å²) in [6.45, 7) is 3.77. The first-order valence-corrected chi connectivity index (χ1v) is 6.11. The van der Waals surface area contributed by atoms with Crippen LogP contribution in [0.2, 0.25) is 0 Å². The Kier molecular flexibility index (Phi) is 3.86. The van der Waals surface area contributed by atoms with Gasteiger partial charge in [-0.15, -0.1) is 0 Å². The van der Waals surface area contributed by atoms with E-state index in [2.05, 4.69) is 0 Å². The van der Waals surface area contributed by atoms with Crippen LogP contribution in [0.25, 0.3) is 0 Å². The fourth-order valence-corrected chi connectivity index (χ4v) is 2.16. The molecule has 1 atom stereocenters. The molecule has 0 radical (unpaired) electrons. The van der Waals surface area contributed by atoms with Gasteiger partial charge < -0.3 is 9.84 Å². The minimum Gasteiger partial charge on any atom is -0.496 e. The highest BCUT2D eigenvalue weighted by molar-refractivity contribution is 5.41. The summed E-state index contributed by atoms with van der Waals surface area (Å²) in [4.78, 5) is 0. The standard InChI is InChI=1S/C16H17FO2/c1-10-4-6-13(17)9-14(10)16(18)12-5-7-15(19-3)11(2)8-12/h4-9,16,18H,1-3H3. The van der Waals surface area contributed by atoms with Crippen molar-refractivity contribution < 1.29 is 14.2 Å². The molecule has 0 saturated heterocycles. The van der Waals surface area contributed by atoms with Crippen molar-refractivity contribution in [3.05, 3.63) is 64.5 Å². The molecule has 2 nitrogen and oxygen atoms in total. The van der Waals surface area contributed by atoms with Crippen molar-refractivity contribution in [1.29, 1.82) is 0 Å². The molecule has 3 heteroatoms. The molecule has 1 N–H and O–H groups in total. The van der Waals surface area contributed by atoms with Crippen molar-refractivity contribution in [1.82, 2.24) is 0 Å². The van der Waals surface area contributed by atoms with E-state index in [1.165, 1.54) is 12.1 Å². The van der Waals surface area contributed by atoms with Gasteiger partial charge in [0.1, 0.15) is 17.7 Å². The maximum Gasteiger partial charge on any atom is 0.123 e. The van der Waals surface area contributed by atoms with Crippen LogP contribution in [-0.2, 0) is 0 Å². The normalized spacial score (nSPS) is 12.3. The number of aryl methyl sites for hydroxylation is 2. The molecule has 19 heavy (non-hydrogen) atoms. The zero-order valence-corrected chi connectivity index (χ0v) is 11.3. The lowest BCUT2D eigenvalue weighted by Gasteiger charge is -2.16. The Morgan fingerprint density at radius 1 is 1.05 bits per heavy atom. The van der Waals surface area contributed by atoms with Crippen molar-refractivity contribution >= 4 is 0 Å². The lowest BCUT2D eigenvalue weighted by Crippen LogP contribution is -2.03. The van der Waals surface area contributed by atoms with Gasteiger partial charge in [0.2, 0.25) is 0 Å². The van der Waals surface area contributed by atoms with E-state index in [1.807, 2.05) is 26.0 Å². The molecule has 0 aromatic heterocycles. The number of hydrogen-bond acceptors (Lipinski definition) is 2. The summed E-state index contributed by atoms with van der Waals surface area (Å²) in [5, 5.41) is 10.4. The fraction of sp³-hybridized carbons (Fsp3) is 0.250. The largest absolute Gasteiger partial charge is 0.496 e. The summed E-state index contributed by atoms with van der Waals surface area (Å²) in [6.07, 6.45) is -0.833. The van der Waals surface area contributed by atoms with Crippen LogP contribution in [0.1, 0.15) is 28.4 Å². The molecular weight excluding hydrogens is 243 g/mol. The monoisotopic (exact) mass is 260 g/mol. The SMILES string of the molecule is COc1ccc(C(O)c2cc(F)ccc2C)cc1C. The third kappa shape index (κ3) is 2.76. The van der Waals surface area contributed by atoms with Gasteiger partial charge in [-0.2, -0.15) is 0 Å². The molecule has 0 aliphatic rings. The molecule has 0 aliphatic heterocycles. The number of rotatable bonds is 3. The summed E-state index contributed by atoms with van der Waals surface area (Å²) in [5.74, 6) is 0.428. The molecule has 0 saturated carbocycles. The average molecular weight is 260 g/mol. The third-order valence-corrected chi connectivity index (χ3v) is 3.27.